The van der Waals surface area contributed by atoms with Gasteiger partial charge in [0.25, 0.3) is 0 Å². The van der Waals surface area contributed by atoms with Gasteiger partial charge in [-0.15, -0.1) is 0 Å². The van der Waals surface area contributed by atoms with Crippen molar-refractivity contribution in [1.29, 1.82) is 0 Å². The third-order valence-electron chi connectivity index (χ3n) is 10.9. The predicted molar refractivity (Wildman–Crippen MR) is 235 cm³/mol. The van der Waals surface area contributed by atoms with Gasteiger partial charge in [0.2, 0.25) is 0 Å². The van der Waals surface area contributed by atoms with Gasteiger partial charge < -0.3 is 5.32 Å². The van der Waals surface area contributed by atoms with E-state index in [0.29, 0.717) is 0 Å². The molecule has 266 valence electrons. The van der Waals surface area contributed by atoms with Crippen molar-refractivity contribution in [2.75, 3.05) is 0 Å². The van der Waals surface area contributed by atoms with Gasteiger partial charge in [-0.2, -0.15) is 0 Å². The first kappa shape index (κ1) is 33.5. The van der Waals surface area contributed by atoms with Crippen molar-refractivity contribution in [1.82, 2.24) is 10.3 Å². The van der Waals surface area contributed by atoms with Gasteiger partial charge in [0.1, 0.15) is 5.84 Å². The molecule has 3 heteroatoms. The zero-order valence-corrected chi connectivity index (χ0v) is 30.9. The van der Waals surface area contributed by atoms with E-state index in [1.807, 2.05) is 6.07 Å². The predicted octanol–water partition coefficient (Wildman–Crippen LogP) is 13.3. The molecule has 2 aliphatic rings. The summed E-state index contributed by atoms with van der Waals surface area (Å²) in [5, 5.41) is 7.34. The van der Waals surface area contributed by atoms with E-state index in [4.69, 9.17) is 9.98 Å². The number of amidine groups is 1. The Balaban J connectivity index is 1.13. The molecule has 7 aromatic carbocycles. The average molecular weight is 718 g/mol. The second kappa shape index (κ2) is 14.6. The first-order valence-corrected chi connectivity index (χ1v) is 19.4. The van der Waals surface area contributed by atoms with Crippen LogP contribution >= 0.6 is 0 Å². The van der Waals surface area contributed by atoms with Crippen molar-refractivity contribution in [2.24, 2.45) is 4.99 Å². The molecule has 1 aliphatic heterocycles. The Hall–Kier alpha value is -7.10. The Labute approximate surface area is 327 Å². The lowest BCUT2D eigenvalue weighted by molar-refractivity contribution is 0.781. The van der Waals surface area contributed by atoms with Crippen molar-refractivity contribution in [2.45, 2.75) is 18.9 Å². The van der Waals surface area contributed by atoms with Crippen LogP contribution < -0.4 is 5.32 Å². The number of aliphatic imine (C=N–C) groups is 1. The molecule has 2 heterocycles. The van der Waals surface area contributed by atoms with Gasteiger partial charge in [-0.05, 0) is 86.8 Å². The second-order valence-electron chi connectivity index (χ2n) is 14.5. The number of hydrogen-bond acceptors (Lipinski definition) is 3. The van der Waals surface area contributed by atoms with E-state index in [2.05, 4.69) is 199 Å². The number of nitrogens with zero attached hydrogens (tertiary/aromatic N) is 2. The number of hydrogen-bond donors (Lipinski definition) is 1. The fourth-order valence-corrected chi connectivity index (χ4v) is 8.09. The zero-order valence-electron chi connectivity index (χ0n) is 30.9. The Morgan fingerprint density at radius 2 is 1.20 bits per heavy atom. The normalized spacial score (nSPS) is 15.2. The van der Waals surface area contributed by atoms with Gasteiger partial charge in [-0.1, -0.05) is 176 Å². The summed E-state index contributed by atoms with van der Waals surface area (Å²) < 4.78 is 0. The Morgan fingerprint density at radius 1 is 0.518 bits per heavy atom. The molecule has 1 N–H and O–H groups in total. The topological polar surface area (TPSA) is 37.3 Å². The Kier molecular flexibility index (Phi) is 8.74. The number of fused-ring (bicyclic) bond motifs is 3. The monoisotopic (exact) mass is 717 g/mol. The van der Waals surface area contributed by atoms with Gasteiger partial charge in [-0.25, -0.2) is 9.98 Å². The van der Waals surface area contributed by atoms with Crippen LogP contribution in [0.4, 0.5) is 0 Å². The molecule has 1 aromatic heterocycles. The molecule has 8 aromatic rings. The number of benzene rings is 7. The number of rotatable bonds is 7. The Morgan fingerprint density at radius 3 is 1.95 bits per heavy atom. The summed E-state index contributed by atoms with van der Waals surface area (Å²) in [7, 11) is 0. The molecule has 0 saturated heterocycles. The van der Waals surface area contributed by atoms with Crippen molar-refractivity contribution < 1.29 is 0 Å². The van der Waals surface area contributed by atoms with E-state index >= 15 is 0 Å². The minimum atomic E-state index is -0.110. The molecule has 1 aliphatic carbocycles. The van der Waals surface area contributed by atoms with E-state index < -0.39 is 0 Å². The highest BCUT2D eigenvalue weighted by atomic mass is 15.0. The molecule has 0 radical (unpaired) electrons. The van der Waals surface area contributed by atoms with Crippen LogP contribution in [0.25, 0.3) is 66.5 Å². The van der Waals surface area contributed by atoms with Crippen molar-refractivity contribution in [3.8, 4) is 33.5 Å². The van der Waals surface area contributed by atoms with Crippen LogP contribution in [0.3, 0.4) is 0 Å². The van der Waals surface area contributed by atoms with E-state index in [9.17, 15) is 0 Å². The highest BCUT2D eigenvalue weighted by Crippen LogP contribution is 2.42. The maximum absolute atomic E-state index is 5.49. The zero-order chi connectivity index (χ0) is 37.3. The third kappa shape index (κ3) is 6.44. The van der Waals surface area contributed by atoms with Crippen LogP contribution in [0.1, 0.15) is 41.1 Å². The van der Waals surface area contributed by atoms with Crippen LogP contribution in [0.5, 0.6) is 0 Å². The third-order valence-corrected chi connectivity index (χ3v) is 10.9. The summed E-state index contributed by atoms with van der Waals surface area (Å²) in [4.78, 5) is 10.7. The summed E-state index contributed by atoms with van der Waals surface area (Å²) in [5.41, 5.74) is 14.4. The van der Waals surface area contributed by atoms with E-state index in [1.54, 1.807) is 0 Å². The standard InChI is InChI=1S/C53H39N3/c1-5-16-36(17-6-1)37-28-30-40(31-29-37)49-35-50(56-53(55-49)41-22-11-4-12-23-41)44-26-15-25-42(32-44)47-33-43-24-13-14-27-45(43)51-46(38-18-7-2-8-19-38)34-48(54-52(47)51)39-20-9-3-10-21-39/h2-5,7-35,50H,1,6H2,(H,55,56). The minimum absolute atomic E-state index is 0.110. The summed E-state index contributed by atoms with van der Waals surface area (Å²) >= 11 is 0. The van der Waals surface area contributed by atoms with E-state index in [1.165, 1.54) is 33.0 Å². The van der Waals surface area contributed by atoms with Crippen LogP contribution in [0.15, 0.2) is 205 Å². The fourth-order valence-electron chi connectivity index (χ4n) is 8.09. The average Bonchev–Trinajstić information content (AvgIpc) is 3.29. The molecule has 0 amide bonds. The van der Waals surface area contributed by atoms with Crippen molar-refractivity contribution >= 4 is 38.8 Å². The maximum Gasteiger partial charge on any atom is 0.134 e. The molecule has 1 atom stereocenters. The van der Waals surface area contributed by atoms with Crippen LogP contribution in [-0.4, -0.2) is 10.8 Å². The van der Waals surface area contributed by atoms with Crippen LogP contribution in [-0.2, 0) is 0 Å². The summed E-state index contributed by atoms with van der Waals surface area (Å²) in [6.45, 7) is 0. The molecule has 0 fully saturated rings. The van der Waals surface area contributed by atoms with E-state index in [-0.39, 0.29) is 6.04 Å². The van der Waals surface area contributed by atoms with E-state index in [0.717, 1.165) is 74.4 Å². The minimum Gasteiger partial charge on any atom is -0.359 e. The van der Waals surface area contributed by atoms with Gasteiger partial charge in [0.15, 0.2) is 0 Å². The van der Waals surface area contributed by atoms with Crippen molar-refractivity contribution in [3.05, 3.63) is 222 Å². The molecular weight excluding hydrogens is 679 g/mol. The largest absolute Gasteiger partial charge is 0.359 e. The Bertz CT molecular complexity index is 2850. The van der Waals surface area contributed by atoms with Crippen LogP contribution in [0.2, 0.25) is 0 Å². The number of pyridine rings is 1. The summed E-state index contributed by atoms with van der Waals surface area (Å²) in [5.74, 6) is 0.860. The fraction of sp³-hybridized carbons (Fsp3) is 0.0566. The van der Waals surface area contributed by atoms with Gasteiger partial charge in [0, 0.05) is 22.1 Å². The smallest absolute Gasteiger partial charge is 0.134 e. The number of allylic oxidation sites excluding steroid dienone is 4. The van der Waals surface area contributed by atoms with Gasteiger partial charge in [-0.3, -0.25) is 0 Å². The lowest BCUT2D eigenvalue weighted by atomic mass is 9.89. The quantitative estimate of drug-likeness (QED) is 0.167. The van der Waals surface area contributed by atoms with Crippen molar-refractivity contribution in [3.63, 3.8) is 0 Å². The second-order valence-corrected chi connectivity index (χ2v) is 14.5. The molecule has 3 nitrogen and oxygen atoms in total. The molecular formula is C53H39N3. The highest BCUT2D eigenvalue weighted by molar-refractivity contribution is 6.18. The molecule has 56 heavy (non-hydrogen) atoms. The van der Waals surface area contributed by atoms with Gasteiger partial charge >= 0.3 is 0 Å². The molecule has 1 unspecified atom stereocenters. The van der Waals surface area contributed by atoms with Crippen LogP contribution in [0, 0.1) is 0 Å². The summed E-state index contributed by atoms with van der Waals surface area (Å²) in [6, 6.07) is 62.6. The molecule has 0 bridgehead atoms. The first-order valence-electron chi connectivity index (χ1n) is 19.4. The SMILES string of the molecule is C1=CC(c2ccc(C3=CC(c4cccc(-c5cc6ccccc6c6c(-c7ccccc7)cc(-c7ccccc7)nc56)c4)NC(c4ccccc4)=N3)cc2)=CCC1. The number of aromatic nitrogens is 1. The lowest BCUT2D eigenvalue weighted by Gasteiger charge is -2.25. The highest BCUT2D eigenvalue weighted by Gasteiger charge is 2.22. The maximum atomic E-state index is 5.49. The lowest BCUT2D eigenvalue weighted by Crippen LogP contribution is -2.31. The summed E-state index contributed by atoms with van der Waals surface area (Å²) in [6.07, 6.45) is 11.3. The molecule has 10 rings (SSSR count). The number of nitrogens with one attached hydrogen (secondary N) is 1. The first-order chi connectivity index (χ1) is 27.7. The molecule has 0 saturated carbocycles. The van der Waals surface area contributed by atoms with Gasteiger partial charge in [0.05, 0.1) is 22.9 Å². The molecule has 0 spiro atoms.